The predicted molar refractivity (Wildman–Crippen MR) is 70.3 cm³/mol. The number of aromatic nitrogens is 4. The first-order valence-corrected chi connectivity index (χ1v) is 5.76. The summed E-state index contributed by atoms with van der Waals surface area (Å²) < 4.78 is 2.01. The highest BCUT2D eigenvalue weighted by Crippen LogP contribution is 2.22. The monoisotopic (exact) mass is 234 g/mol. The molecule has 0 saturated heterocycles. The van der Waals surface area contributed by atoms with Crippen molar-refractivity contribution in [2.24, 2.45) is 0 Å². The number of hydrogen-bond donors (Lipinski definition) is 1. The molecule has 0 saturated carbocycles. The van der Waals surface area contributed by atoms with Gasteiger partial charge in [0.15, 0.2) is 0 Å². The van der Waals surface area contributed by atoms with Gasteiger partial charge in [-0.3, -0.25) is 4.98 Å². The quantitative estimate of drug-likeness (QED) is 0.550. The highest BCUT2D eigenvalue weighted by Gasteiger charge is 2.03. The smallest absolute Gasteiger partial charge is 0.136 e. The third kappa shape index (κ3) is 1.32. The summed E-state index contributed by atoms with van der Waals surface area (Å²) in [5, 5.41) is 0. The van der Waals surface area contributed by atoms with Crippen molar-refractivity contribution in [3.63, 3.8) is 0 Å². The second kappa shape index (κ2) is 3.43. The third-order valence-corrected chi connectivity index (χ3v) is 3.12. The van der Waals surface area contributed by atoms with Gasteiger partial charge >= 0.3 is 0 Å². The van der Waals surface area contributed by atoms with Gasteiger partial charge in [0.05, 0.1) is 11.0 Å². The molecule has 1 N–H and O–H groups in total. The summed E-state index contributed by atoms with van der Waals surface area (Å²) in [5.74, 6) is 0. The molecule has 0 aromatic carbocycles. The summed E-state index contributed by atoms with van der Waals surface area (Å²) in [5.41, 5.74) is 5.22. The molecule has 0 radical (unpaired) electrons. The van der Waals surface area contributed by atoms with Gasteiger partial charge in [-0.05, 0) is 24.3 Å². The maximum Gasteiger partial charge on any atom is 0.136 e. The lowest BCUT2D eigenvalue weighted by Crippen LogP contribution is -1.86. The number of pyridine rings is 2. The average Bonchev–Trinajstić information content (AvgIpc) is 3.05. The molecule has 86 valence electrons. The fraction of sp³-hybridized carbons (Fsp3) is 0. The molecule has 4 aromatic heterocycles. The summed E-state index contributed by atoms with van der Waals surface area (Å²) in [6, 6.07) is 8.15. The lowest BCUT2D eigenvalue weighted by atomic mass is 10.1. The molecule has 0 aliphatic rings. The van der Waals surface area contributed by atoms with E-state index in [-0.39, 0.29) is 0 Å². The molecule has 0 fully saturated rings. The number of rotatable bonds is 1. The van der Waals surface area contributed by atoms with Crippen LogP contribution in [0.25, 0.3) is 27.8 Å². The fourth-order valence-corrected chi connectivity index (χ4v) is 2.18. The predicted octanol–water partition coefficient (Wildman–Crippen LogP) is 2.88. The van der Waals surface area contributed by atoms with Gasteiger partial charge in [-0.2, -0.15) is 0 Å². The second-order valence-corrected chi connectivity index (χ2v) is 4.24. The molecule has 0 amide bonds. The van der Waals surface area contributed by atoms with Crippen LogP contribution in [-0.2, 0) is 0 Å². The van der Waals surface area contributed by atoms with Gasteiger partial charge in [-0.25, -0.2) is 4.98 Å². The van der Waals surface area contributed by atoms with Crippen molar-refractivity contribution in [2.45, 2.75) is 0 Å². The zero-order valence-corrected chi connectivity index (χ0v) is 9.54. The first kappa shape index (κ1) is 9.41. The molecular formula is C14H10N4. The van der Waals surface area contributed by atoms with E-state index in [4.69, 9.17) is 0 Å². The van der Waals surface area contributed by atoms with Crippen LogP contribution in [0.4, 0.5) is 0 Å². The number of hydrogen-bond acceptors (Lipinski definition) is 2. The largest absolute Gasteiger partial charge is 0.360 e. The molecule has 0 unspecified atom stereocenters. The second-order valence-electron chi connectivity index (χ2n) is 4.24. The van der Waals surface area contributed by atoms with Crippen LogP contribution in [0.5, 0.6) is 0 Å². The van der Waals surface area contributed by atoms with Crippen molar-refractivity contribution in [3.8, 4) is 11.1 Å². The van der Waals surface area contributed by atoms with Crippen LogP contribution >= 0.6 is 0 Å². The van der Waals surface area contributed by atoms with Crippen LogP contribution in [-0.4, -0.2) is 19.4 Å². The van der Waals surface area contributed by atoms with E-state index < -0.39 is 0 Å². The van der Waals surface area contributed by atoms with Crippen LogP contribution in [0.3, 0.4) is 0 Å². The number of H-pyrrole nitrogens is 1. The van der Waals surface area contributed by atoms with Crippen LogP contribution in [0.2, 0.25) is 0 Å². The highest BCUT2D eigenvalue weighted by molar-refractivity contribution is 5.80. The van der Waals surface area contributed by atoms with E-state index in [0.717, 1.165) is 27.8 Å². The average molecular weight is 234 g/mol. The molecule has 4 nitrogen and oxygen atoms in total. The van der Waals surface area contributed by atoms with E-state index in [2.05, 4.69) is 33.3 Å². The number of nitrogens with zero attached hydrogens (tertiary/aromatic N) is 3. The standard InChI is InChI=1S/C14H10N4/c1-2-14-16-5-6-18(14)9-10(1)11-7-13-12(17-8-11)3-4-15-13/h1-9,15H. The van der Waals surface area contributed by atoms with Gasteiger partial charge in [0.25, 0.3) is 0 Å². The van der Waals surface area contributed by atoms with Gasteiger partial charge in [0, 0.05) is 42.1 Å². The first-order valence-electron chi connectivity index (χ1n) is 5.76. The molecule has 18 heavy (non-hydrogen) atoms. The van der Waals surface area contributed by atoms with Crippen molar-refractivity contribution in [3.05, 3.63) is 55.2 Å². The molecule has 4 rings (SSSR count). The first-order chi connectivity index (χ1) is 8.90. The number of aromatic amines is 1. The molecule has 0 aliphatic carbocycles. The molecule has 0 spiro atoms. The van der Waals surface area contributed by atoms with Crippen LogP contribution < -0.4 is 0 Å². The van der Waals surface area contributed by atoms with Gasteiger partial charge in [-0.15, -0.1) is 0 Å². The Morgan fingerprint density at radius 3 is 3.06 bits per heavy atom. The SMILES string of the molecule is c1cn2cc(-c3cnc4cc[nH]c4c3)ccc2n1. The minimum atomic E-state index is 0.952. The van der Waals surface area contributed by atoms with Gasteiger partial charge in [0.1, 0.15) is 5.65 Å². The van der Waals surface area contributed by atoms with E-state index in [1.165, 1.54) is 0 Å². The Balaban J connectivity index is 1.93. The molecular weight excluding hydrogens is 224 g/mol. The third-order valence-electron chi connectivity index (χ3n) is 3.12. The minimum Gasteiger partial charge on any atom is -0.360 e. The highest BCUT2D eigenvalue weighted by atomic mass is 15.0. The molecule has 0 bridgehead atoms. The van der Waals surface area contributed by atoms with Crippen LogP contribution in [0.15, 0.2) is 55.2 Å². The summed E-state index contributed by atoms with van der Waals surface area (Å²) in [6.45, 7) is 0. The normalized spacial score (nSPS) is 11.3. The zero-order chi connectivity index (χ0) is 11.9. The molecule has 4 aromatic rings. The summed E-state index contributed by atoms with van der Waals surface area (Å²) in [6.07, 6.45) is 9.61. The minimum absolute atomic E-state index is 0.952. The Hall–Kier alpha value is -2.62. The summed E-state index contributed by atoms with van der Waals surface area (Å²) in [7, 11) is 0. The lowest BCUT2D eigenvalue weighted by molar-refractivity contribution is 1.19. The van der Waals surface area contributed by atoms with E-state index in [1.807, 2.05) is 35.1 Å². The number of imidazole rings is 1. The Bertz CT molecular complexity index is 769. The lowest BCUT2D eigenvalue weighted by Gasteiger charge is -2.02. The topological polar surface area (TPSA) is 46.0 Å². The van der Waals surface area contributed by atoms with Crippen molar-refractivity contribution >= 4 is 16.7 Å². The van der Waals surface area contributed by atoms with Gasteiger partial charge in [0.2, 0.25) is 0 Å². The molecule has 0 aliphatic heterocycles. The van der Waals surface area contributed by atoms with E-state index in [1.54, 1.807) is 6.20 Å². The van der Waals surface area contributed by atoms with Crippen molar-refractivity contribution in [2.75, 3.05) is 0 Å². The Morgan fingerprint density at radius 2 is 2.06 bits per heavy atom. The Kier molecular flexibility index (Phi) is 1.80. The maximum atomic E-state index is 4.43. The van der Waals surface area contributed by atoms with Crippen molar-refractivity contribution in [1.82, 2.24) is 19.4 Å². The van der Waals surface area contributed by atoms with Crippen molar-refractivity contribution < 1.29 is 0 Å². The zero-order valence-electron chi connectivity index (χ0n) is 9.54. The molecule has 0 atom stereocenters. The number of nitrogens with one attached hydrogen (secondary N) is 1. The van der Waals surface area contributed by atoms with Crippen LogP contribution in [0.1, 0.15) is 0 Å². The summed E-state index contributed by atoms with van der Waals surface area (Å²) >= 11 is 0. The molecule has 4 heteroatoms. The Morgan fingerprint density at radius 1 is 1.06 bits per heavy atom. The van der Waals surface area contributed by atoms with E-state index >= 15 is 0 Å². The Labute approximate surface area is 103 Å². The van der Waals surface area contributed by atoms with Crippen LogP contribution in [0, 0.1) is 0 Å². The fourth-order valence-electron chi connectivity index (χ4n) is 2.18. The van der Waals surface area contributed by atoms with Crippen molar-refractivity contribution in [1.29, 1.82) is 0 Å². The van der Waals surface area contributed by atoms with Gasteiger partial charge < -0.3 is 9.38 Å². The summed E-state index contributed by atoms with van der Waals surface area (Å²) in [4.78, 5) is 11.8. The van der Waals surface area contributed by atoms with E-state index in [0.29, 0.717) is 0 Å². The van der Waals surface area contributed by atoms with Gasteiger partial charge in [-0.1, -0.05) is 0 Å². The van der Waals surface area contributed by atoms with E-state index in [9.17, 15) is 0 Å². The number of fused-ring (bicyclic) bond motifs is 2. The maximum absolute atomic E-state index is 4.43. The molecule has 4 heterocycles.